The number of aliphatic hydroxyl groups excluding tert-OH is 1. The zero-order chi connectivity index (χ0) is 12.0. The van der Waals surface area contributed by atoms with E-state index in [9.17, 15) is 5.11 Å². The highest BCUT2D eigenvalue weighted by Crippen LogP contribution is 2.18. The average molecular weight is 228 g/mol. The van der Waals surface area contributed by atoms with Crippen LogP contribution >= 0.6 is 0 Å². The Labute approximate surface area is 100 Å². The standard InChI is InChI=1S/C13H28N2O/c1-4-14-13(3,11-16)8-6-10-15-9-5-7-12(15)2/h12,14,16H,4-11H2,1-3H3. The lowest BCUT2D eigenvalue weighted by Gasteiger charge is -2.30. The first-order valence-electron chi connectivity index (χ1n) is 6.71. The summed E-state index contributed by atoms with van der Waals surface area (Å²) in [6, 6.07) is 0.763. The molecule has 0 saturated carbocycles. The van der Waals surface area contributed by atoms with Gasteiger partial charge in [0.2, 0.25) is 0 Å². The van der Waals surface area contributed by atoms with Crippen molar-refractivity contribution in [1.82, 2.24) is 10.2 Å². The zero-order valence-electron chi connectivity index (χ0n) is 11.1. The van der Waals surface area contributed by atoms with E-state index >= 15 is 0 Å². The summed E-state index contributed by atoms with van der Waals surface area (Å²) in [5, 5.41) is 12.8. The second kappa shape index (κ2) is 6.58. The van der Waals surface area contributed by atoms with Crippen LogP contribution in [-0.4, -0.2) is 47.8 Å². The van der Waals surface area contributed by atoms with Gasteiger partial charge < -0.3 is 15.3 Å². The number of nitrogens with zero attached hydrogens (tertiary/aromatic N) is 1. The zero-order valence-corrected chi connectivity index (χ0v) is 11.1. The molecule has 0 aromatic rings. The summed E-state index contributed by atoms with van der Waals surface area (Å²) in [5.74, 6) is 0. The Bertz CT molecular complexity index is 198. The first-order chi connectivity index (χ1) is 7.61. The maximum atomic E-state index is 9.38. The van der Waals surface area contributed by atoms with E-state index in [0.717, 1.165) is 19.0 Å². The molecule has 16 heavy (non-hydrogen) atoms. The fourth-order valence-corrected chi connectivity index (χ4v) is 2.65. The lowest BCUT2D eigenvalue weighted by atomic mass is 9.96. The molecule has 0 bridgehead atoms. The lowest BCUT2D eigenvalue weighted by Crippen LogP contribution is -2.46. The smallest absolute Gasteiger partial charge is 0.0610 e. The number of likely N-dealkylation sites (N-methyl/N-ethyl adjacent to an activating group) is 1. The monoisotopic (exact) mass is 228 g/mol. The molecule has 3 heteroatoms. The normalized spacial score (nSPS) is 25.9. The van der Waals surface area contributed by atoms with Crippen molar-refractivity contribution in [1.29, 1.82) is 0 Å². The highest BCUT2D eigenvalue weighted by atomic mass is 16.3. The fraction of sp³-hybridized carbons (Fsp3) is 1.00. The summed E-state index contributed by atoms with van der Waals surface area (Å²) in [6.07, 6.45) is 4.94. The van der Waals surface area contributed by atoms with E-state index in [0.29, 0.717) is 0 Å². The number of nitrogens with one attached hydrogen (secondary N) is 1. The Morgan fingerprint density at radius 1 is 1.50 bits per heavy atom. The van der Waals surface area contributed by atoms with E-state index in [4.69, 9.17) is 0 Å². The first kappa shape index (κ1) is 13.9. The maximum Gasteiger partial charge on any atom is 0.0610 e. The third-order valence-electron chi connectivity index (χ3n) is 3.82. The van der Waals surface area contributed by atoms with Crippen molar-refractivity contribution < 1.29 is 5.11 Å². The summed E-state index contributed by atoms with van der Waals surface area (Å²) in [6.45, 7) is 10.1. The van der Waals surface area contributed by atoms with Crippen LogP contribution in [0.25, 0.3) is 0 Å². The molecular weight excluding hydrogens is 200 g/mol. The molecule has 0 aliphatic carbocycles. The molecule has 0 aromatic carbocycles. The van der Waals surface area contributed by atoms with E-state index in [1.807, 2.05) is 0 Å². The SMILES string of the molecule is CCNC(C)(CO)CCCN1CCCC1C. The molecule has 2 atom stereocenters. The second-order valence-corrected chi connectivity index (χ2v) is 5.38. The summed E-state index contributed by atoms with van der Waals surface area (Å²) < 4.78 is 0. The van der Waals surface area contributed by atoms with Gasteiger partial charge in [-0.1, -0.05) is 6.92 Å². The molecule has 2 unspecified atom stereocenters. The quantitative estimate of drug-likeness (QED) is 0.695. The van der Waals surface area contributed by atoms with Gasteiger partial charge in [0.1, 0.15) is 0 Å². The molecule has 3 nitrogen and oxygen atoms in total. The van der Waals surface area contributed by atoms with Crippen molar-refractivity contribution in [2.24, 2.45) is 0 Å². The van der Waals surface area contributed by atoms with Gasteiger partial charge >= 0.3 is 0 Å². The number of hydrogen-bond donors (Lipinski definition) is 2. The Hall–Kier alpha value is -0.120. The molecular formula is C13H28N2O. The largest absolute Gasteiger partial charge is 0.394 e. The molecule has 1 aliphatic heterocycles. The van der Waals surface area contributed by atoms with Crippen LogP contribution in [0.5, 0.6) is 0 Å². The van der Waals surface area contributed by atoms with Crippen LogP contribution in [0.3, 0.4) is 0 Å². The molecule has 0 spiro atoms. The van der Waals surface area contributed by atoms with Crippen molar-refractivity contribution in [2.75, 3.05) is 26.2 Å². The van der Waals surface area contributed by atoms with E-state index in [2.05, 4.69) is 31.0 Å². The van der Waals surface area contributed by atoms with Crippen LogP contribution in [0, 0.1) is 0 Å². The van der Waals surface area contributed by atoms with Gasteiger partial charge in [-0.15, -0.1) is 0 Å². The second-order valence-electron chi connectivity index (χ2n) is 5.38. The van der Waals surface area contributed by atoms with Crippen LogP contribution in [0.1, 0.15) is 46.5 Å². The van der Waals surface area contributed by atoms with Gasteiger partial charge in [0, 0.05) is 11.6 Å². The number of aliphatic hydroxyl groups is 1. The van der Waals surface area contributed by atoms with Gasteiger partial charge in [-0.3, -0.25) is 0 Å². The molecule has 0 aromatic heterocycles. The molecule has 0 amide bonds. The van der Waals surface area contributed by atoms with Crippen molar-refractivity contribution in [3.63, 3.8) is 0 Å². The summed E-state index contributed by atoms with van der Waals surface area (Å²) in [4.78, 5) is 2.57. The Morgan fingerprint density at radius 3 is 2.75 bits per heavy atom. The highest BCUT2D eigenvalue weighted by Gasteiger charge is 2.23. The molecule has 2 N–H and O–H groups in total. The molecule has 1 fully saturated rings. The molecule has 96 valence electrons. The van der Waals surface area contributed by atoms with Crippen LogP contribution in [0.4, 0.5) is 0 Å². The van der Waals surface area contributed by atoms with Crippen molar-refractivity contribution >= 4 is 0 Å². The van der Waals surface area contributed by atoms with E-state index < -0.39 is 0 Å². The van der Waals surface area contributed by atoms with Crippen LogP contribution in [0.2, 0.25) is 0 Å². The summed E-state index contributed by atoms with van der Waals surface area (Å²) in [7, 11) is 0. The van der Waals surface area contributed by atoms with Gasteiger partial charge in [-0.2, -0.15) is 0 Å². The summed E-state index contributed by atoms with van der Waals surface area (Å²) in [5.41, 5.74) is -0.0856. The van der Waals surface area contributed by atoms with Gasteiger partial charge in [0.05, 0.1) is 6.61 Å². The molecule has 1 aliphatic rings. The molecule has 0 radical (unpaired) electrons. The maximum absolute atomic E-state index is 9.38. The average Bonchev–Trinajstić information content (AvgIpc) is 2.65. The minimum atomic E-state index is -0.0856. The van der Waals surface area contributed by atoms with E-state index in [1.54, 1.807) is 0 Å². The van der Waals surface area contributed by atoms with E-state index in [-0.39, 0.29) is 12.1 Å². The predicted molar refractivity (Wildman–Crippen MR) is 68.7 cm³/mol. The van der Waals surface area contributed by atoms with Gasteiger partial charge in [0.15, 0.2) is 0 Å². The van der Waals surface area contributed by atoms with Gasteiger partial charge in [-0.25, -0.2) is 0 Å². The van der Waals surface area contributed by atoms with Crippen LogP contribution < -0.4 is 5.32 Å². The topological polar surface area (TPSA) is 35.5 Å². The van der Waals surface area contributed by atoms with Crippen molar-refractivity contribution in [3.05, 3.63) is 0 Å². The number of likely N-dealkylation sites (tertiary alicyclic amines) is 1. The Kier molecular flexibility index (Phi) is 5.73. The Morgan fingerprint density at radius 2 is 2.25 bits per heavy atom. The minimum absolute atomic E-state index is 0.0856. The third kappa shape index (κ3) is 4.04. The number of hydrogen-bond acceptors (Lipinski definition) is 3. The molecule has 1 heterocycles. The minimum Gasteiger partial charge on any atom is -0.394 e. The fourth-order valence-electron chi connectivity index (χ4n) is 2.65. The van der Waals surface area contributed by atoms with Crippen LogP contribution in [0.15, 0.2) is 0 Å². The predicted octanol–water partition coefficient (Wildman–Crippen LogP) is 1.61. The van der Waals surface area contributed by atoms with Gasteiger partial charge in [-0.05, 0) is 59.2 Å². The lowest BCUT2D eigenvalue weighted by molar-refractivity contribution is 0.157. The molecule has 1 saturated heterocycles. The summed E-state index contributed by atoms with van der Waals surface area (Å²) >= 11 is 0. The first-order valence-corrected chi connectivity index (χ1v) is 6.71. The number of rotatable bonds is 7. The van der Waals surface area contributed by atoms with Gasteiger partial charge in [0.25, 0.3) is 0 Å². The third-order valence-corrected chi connectivity index (χ3v) is 3.82. The Balaban J connectivity index is 2.22. The molecule has 1 rings (SSSR count). The van der Waals surface area contributed by atoms with Crippen LogP contribution in [-0.2, 0) is 0 Å². The highest BCUT2D eigenvalue weighted by molar-refractivity contribution is 4.83. The van der Waals surface area contributed by atoms with E-state index in [1.165, 1.54) is 32.4 Å². The van der Waals surface area contributed by atoms with Crippen molar-refractivity contribution in [2.45, 2.75) is 58.0 Å². The van der Waals surface area contributed by atoms with Crippen molar-refractivity contribution in [3.8, 4) is 0 Å².